The SMILES string of the molecule is c1ccc(-c2ccc(-n3c4ccccc4c4cc(-c5cnc6c(c5)c5ccccc5n6-c5ccc(-c6ccccc6)cc5)ccc43)cc2)cc1.c1ccc(-c2cccc(-n3c4ccccc4c4cc(-c5cnc6c(c5)c5ccccc5n6-c5cccc(-c6ccccc6)c5)ccc43)c2)cc1. The van der Waals surface area contributed by atoms with Crippen LogP contribution in [-0.2, 0) is 0 Å². The van der Waals surface area contributed by atoms with Crippen molar-refractivity contribution in [2.45, 2.75) is 0 Å². The maximum atomic E-state index is 5.16. The van der Waals surface area contributed by atoms with E-state index in [2.05, 4.69) is 382 Å². The van der Waals surface area contributed by atoms with Gasteiger partial charge >= 0.3 is 0 Å². The normalized spacial score (nSPS) is 11.6. The molecule has 20 rings (SSSR count). The van der Waals surface area contributed by atoms with Gasteiger partial charge in [-0.3, -0.25) is 9.13 Å². The second-order valence-electron chi connectivity index (χ2n) is 25.7. The van der Waals surface area contributed by atoms with Crippen LogP contribution in [0.1, 0.15) is 0 Å². The van der Waals surface area contributed by atoms with Crippen molar-refractivity contribution in [3.05, 3.63) is 376 Å². The molecule has 0 N–H and O–H groups in total. The first kappa shape index (κ1) is 58.0. The van der Waals surface area contributed by atoms with Crippen molar-refractivity contribution in [1.29, 1.82) is 0 Å². The second kappa shape index (κ2) is 24.3. The van der Waals surface area contributed by atoms with E-state index in [1.807, 2.05) is 12.4 Å². The minimum Gasteiger partial charge on any atom is -0.309 e. The molecular formula is C94H62N6. The Kier molecular flexibility index (Phi) is 14.1. The molecule has 100 heavy (non-hydrogen) atoms. The van der Waals surface area contributed by atoms with Gasteiger partial charge in [0, 0.05) is 89.4 Å². The maximum absolute atomic E-state index is 5.16. The lowest BCUT2D eigenvalue weighted by Gasteiger charge is -2.11. The van der Waals surface area contributed by atoms with Gasteiger partial charge in [-0.2, -0.15) is 0 Å². The summed E-state index contributed by atoms with van der Waals surface area (Å²) in [6.45, 7) is 0. The van der Waals surface area contributed by atoms with Crippen LogP contribution in [0.2, 0.25) is 0 Å². The average Bonchev–Trinajstić information content (AvgIpc) is 1.61. The molecule has 6 heteroatoms. The highest BCUT2D eigenvalue weighted by atomic mass is 15.1. The van der Waals surface area contributed by atoms with Crippen molar-refractivity contribution in [1.82, 2.24) is 28.2 Å². The molecule has 0 aliphatic heterocycles. The molecule has 0 spiro atoms. The summed E-state index contributed by atoms with van der Waals surface area (Å²) in [7, 11) is 0. The number of aromatic nitrogens is 6. The number of rotatable bonds is 10. The molecule has 0 saturated heterocycles. The number of nitrogens with zero attached hydrogens (tertiary/aromatic N) is 6. The van der Waals surface area contributed by atoms with Crippen LogP contribution in [0.15, 0.2) is 376 Å². The summed E-state index contributed by atoms with van der Waals surface area (Å²) in [4.78, 5) is 10.3. The van der Waals surface area contributed by atoms with E-state index in [-0.39, 0.29) is 0 Å². The number of para-hydroxylation sites is 4. The van der Waals surface area contributed by atoms with E-state index in [1.165, 1.54) is 98.9 Å². The molecule has 6 heterocycles. The molecule has 0 aliphatic rings. The van der Waals surface area contributed by atoms with Gasteiger partial charge in [0.1, 0.15) is 11.3 Å². The average molecular weight is 1280 g/mol. The van der Waals surface area contributed by atoms with Crippen LogP contribution < -0.4 is 0 Å². The summed E-state index contributed by atoms with van der Waals surface area (Å²) in [5.41, 5.74) is 27.6. The number of benzene rings is 14. The molecule has 0 amide bonds. The fourth-order valence-corrected chi connectivity index (χ4v) is 15.2. The van der Waals surface area contributed by atoms with Gasteiger partial charge in [-0.05, 0) is 165 Å². The fourth-order valence-electron chi connectivity index (χ4n) is 15.2. The van der Waals surface area contributed by atoms with Gasteiger partial charge in [0.25, 0.3) is 0 Å². The van der Waals surface area contributed by atoms with Gasteiger partial charge in [0.05, 0.1) is 33.1 Å². The Labute approximate surface area is 578 Å². The molecular weight excluding hydrogens is 1210 g/mol. The van der Waals surface area contributed by atoms with E-state index >= 15 is 0 Å². The monoisotopic (exact) mass is 1270 g/mol. The van der Waals surface area contributed by atoms with E-state index < -0.39 is 0 Å². The number of fused-ring (bicyclic) bond motifs is 12. The molecule has 0 aliphatic carbocycles. The third-order valence-corrected chi connectivity index (χ3v) is 19.9. The Hall–Kier alpha value is -13.4. The zero-order valence-corrected chi connectivity index (χ0v) is 54.5. The second-order valence-corrected chi connectivity index (χ2v) is 25.7. The highest BCUT2D eigenvalue weighted by molar-refractivity contribution is 6.14. The highest BCUT2D eigenvalue weighted by Crippen LogP contribution is 2.42. The van der Waals surface area contributed by atoms with Gasteiger partial charge in [-0.15, -0.1) is 0 Å². The van der Waals surface area contributed by atoms with Crippen molar-refractivity contribution in [3.8, 4) is 89.5 Å². The standard InChI is InChI=1S/2C47H31N3/c1-3-13-32(14-4-1)34-17-11-19-38(27-34)49-44-23-9-7-21-40(44)42-29-36(25-26-46(42)49)37-30-43-41-22-8-10-24-45(41)50(47(43)48-31-37)39-20-12-18-35(28-39)33-15-5-2-6-16-33;1-3-11-32(12-4-1)34-19-24-38(25-20-34)49-44-17-9-7-15-40(44)42-29-36(23-28-46(42)49)37-30-43-41-16-8-10-18-45(41)50(47(43)48-31-37)39-26-21-35(22-27-39)33-13-5-2-6-14-33/h2*1-31H. The van der Waals surface area contributed by atoms with E-state index in [0.29, 0.717) is 0 Å². The Morgan fingerprint density at radius 1 is 0.150 bits per heavy atom. The first-order valence-corrected chi connectivity index (χ1v) is 34.1. The first-order chi connectivity index (χ1) is 49.6. The summed E-state index contributed by atoms with van der Waals surface area (Å²) >= 11 is 0. The smallest absolute Gasteiger partial charge is 0.145 e. The molecule has 0 unspecified atom stereocenters. The third kappa shape index (κ3) is 10.0. The molecule has 0 radical (unpaired) electrons. The topological polar surface area (TPSA) is 45.5 Å². The molecule has 0 atom stereocenters. The molecule has 0 saturated carbocycles. The lowest BCUT2D eigenvalue weighted by Crippen LogP contribution is -1.96. The molecule has 468 valence electrons. The minimum atomic E-state index is 0.955. The number of hydrogen-bond acceptors (Lipinski definition) is 2. The maximum Gasteiger partial charge on any atom is 0.145 e. The third-order valence-electron chi connectivity index (χ3n) is 19.9. The van der Waals surface area contributed by atoms with Crippen LogP contribution in [-0.4, -0.2) is 28.2 Å². The fraction of sp³-hybridized carbons (Fsp3) is 0. The van der Waals surface area contributed by atoms with Crippen LogP contribution in [0.3, 0.4) is 0 Å². The lowest BCUT2D eigenvalue weighted by molar-refractivity contribution is 1.14. The molecule has 0 fully saturated rings. The van der Waals surface area contributed by atoms with Crippen molar-refractivity contribution in [3.63, 3.8) is 0 Å². The predicted molar refractivity (Wildman–Crippen MR) is 418 cm³/mol. The van der Waals surface area contributed by atoms with Crippen molar-refractivity contribution < 1.29 is 0 Å². The Morgan fingerprint density at radius 2 is 0.410 bits per heavy atom. The van der Waals surface area contributed by atoms with Gasteiger partial charge in [-0.25, -0.2) is 9.97 Å². The van der Waals surface area contributed by atoms with Gasteiger partial charge < -0.3 is 9.13 Å². The number of hydrogen-bond donors (Lipinski definition) is 0. The van der Waals surface area contributed by atoms with Crippen molar-refractivity contribution in [2.24, 2.45) is 0 Å². The molecule has 14 aromatic carbocycles. The Bertz CT molecular complexity index is 6080. The summed E-state index contributed by atoms with van der Waals surface area (Å²) in [6, 6.07) is 130. The summed E-state index contributed by atoms with van der Waals surface area (Å²) in [6.07, 6.45) is 4.06. The lowest BCUT2D eigenvalue weighted by atomic mass is 10.0. The Balaban J connectivity index is 0.000000139. The van der Waals surface area contributed by atoms with Crippen LogP contribution in [0.4, 0.5) is 0 Å². The van der Waals surface area contributed by atoms with Gasteiger partial charge in [0.2, 0.25) is 0 Å². The summed E-state index contributed by atoms with van der Waals surface area (Å²) < 4.78 is 9.34. The molecule has 0 bridgehead atoms. The number of pyridine rings is 2. The van der Waals surface area contributed by atoms with Crippen LogP contribution in [0, 0.1) is 0 Å². The minimum absolute atomic E-state index is 0.955. The predicted octanol–water partition coefficient (Wildman–Crippen LogP) is 24.6. The largest absolute Gasteiger partial charge is 0.309 e. The van der Waals surface area contributed by atoms with Crippen molar-refractivity contribution in [2.75, 3.05) is 0 Å². The molecule has 20 aromatic rings. The molecule has 6 aromatic heterocycles. The molecule has 6 nitrogen and oxygen atoms in total. The van der Waals surface area contributed by atoms with Crippen molar-refractivity contribution >= 4 is 87.5 Å². The van der Waals surface area contributed by atoms with E-state index in [1.54, 1.807) is 0 Å². The quantitative estimate of drug-likeness (QED) is 0.137. The van der Waals surface area contributed by atoms with Crippen LogP contribution in [0.5, 0.6) is 0 Å². The first-order valence-electron chi connectivity index (χ1n) is 34.1. The Morgan fingerprint density at radius 3 is 0.820 bits per heavy atom. The highest BCUT2D eigenvalue weighted by Gasteiger charge is 2.21. The summed E-state index contributed by atoms with van der Waals surface area (Å²) in [5.74, 6) is 0. The van der Waals surface area contributed by atoms with E-state index in [9.17, 15) is 0 Å². The zero-order chi connectivity index (χ0) is 66.0. The zero-order valence-electron chi connectivity index (χ0n) is 54.5. The van der Waals surface area contributed by atoms with Gasteiger partial charge in [0.15, 0.2) is 0 Å². The van der Waals surface area contributed by atoms with Crippen LogP contribution in [0.25, 0.3) is 177 Å². The summed E-state index contributed by atoms with van der Waals surface area (Å²) in [5, 5.41) is 9.60. The van der Waals surface area contributed by atoms with Crippen LogP contribution >= 0.6 is 0 Å². The van der Waals surface area contributed by atoms with E-state index in [0.717, 1.165) is 78.1 Å². The van der Waals surface area contributed by atoms with E-state index in [4.69, 9.17) is 9.97 Å². The van der Waals surface area contributed by atoms with Gasteiger partial charge in [-0.1, -0.05) is 255 Å².